The summed E-state index contributed by atoms with van der Waals surface area (Å²) in [5, 5.41) is 2.98. The molecule has 0 radical (unpaired) electrons. The summed E-state index contributed by atoms with van der Waals surface area (Å²) in [6.07, 6.45) is 3.46. The van der Waals surface area contributed by atoms with Gasteiger partial charge in [0.15, 0.2) is 11.5 Å². The summed E-state index contributed by atoms with van der Waals surface area (Å²) in [5.41, 5.74) is 0.632. The summed E-state index contributed by atoms with van der Waals surface area (Å²) in [7, 11) is 4.70. The van der Waals surface area contributed by atoms with E-state index in [1.807, 2.05) is 4.90 Å². The molecule has 30 heavy (non-hydrogen) atoms. The van der Waals surface area contributed by atoms with E-state index in [-0.39, 0.29) is 6.03 Å². The van der Waals surface area contributed by atoms with Gasteiger partial charge in [0.25, 0.3) is 0 Å². The van der Waals surface area contributed by atoms with Crippen molar-refractivity contribution in [2.45, 2.75) is 33.1 Å². The number of anilines is 1. The normalized spacial score (nSPS) is 23.2. The van der Waals surface area contributed by atoms with Gasteiger partial charge < -0.3 is 29.3 Å². The fraction of sp³-hybridized carbons (Fsp3) is 0.696. The molecule has 1 aromatic carbocycles. The number of hydrogen-bond acceptors (Lipinski definition) is 5. The summed E-state index contributed by atoms with van der Waals surface area (Å²) in [5.74, 6) is 3.82. The van der Waals surface area contributed by atoms with Gasteiger partial charge in [0.1, 0.15) is 0 Å². The van der Waals surface area contributed by atoms with Gasteiger partial charge in [-0.25, -0.2) is 4.79 Å². The van der Waals surface area contributed by atoms with Crippen LogP contribution in [0.2, 0.25) is 0 Å². The Morgan fingerprint density at radius 3 is 2.07 bits per heavy atom. The third kappa shape index (κ3) is 5.50. The number of likely N-dealkylation sites (tertiary alicyclic amines) is 2. The number of piperidine rings is 2. The number of methoxy groups -OCH3 is 3. The molecule has 2 saturated heterocycles. The van der Waals surface area contributed by atoms with Gasteiger partial charge in [0.05, 0.1) is 27.0 Å². The van der Waals surface area contributed by atoms with E-state index in [9.17, 15) is 4.79 Å². The van der Waals surface area contributed by atoms with Crippen LogP contribution >= 0.6 is 0 Å². The summed E-state index contributed by atoms with van der Waals surface area (Å²) in [4.78, 5) is 17.3. The van der Waals surface area contributed by atoms with Crippen molar-refractivity contribution in [1.82, 2.24) is 9.80 Å². The fourth-order valence-electron chi connectivity index (χ4n) is 4.98. The number of benzene rings is 1. The summed E-state index contributed by atoms with van der Waals surface area (Å²) in [6.45, 7) is 9.90. The van der Waals surface area contributed by atoms with Crippen molar-refractivity contribution >= 4 is 11.7 Å². The van der Waals surface area contributed by atoms with Gasteiger partial charge in [-0.15, -0.1) is 0 Å². The average molecular weight is 420 g/mol. The second-order valence-electron chi connectivity index (χ2n) is 8.94. The molecule has 2 heterocycles. The molecule has 0 spiro atoms. The molecule has 2 fully saturated rings. The Labute approximate surface area is 180 Å². The van der Waals surface area contributed by atoms with Crippen molar-refractivity contribution in [3.05, 3.63) is 12.1 Å². The van der Waals surface area contributed by atoms with Gasteiger partial charge in [0.2, 0.25) is 5.75 Å². The Hall–Kier alpha value is -2.15. The minimum atomic E-state index is -0.0806. The van der Waals surface area contributed by atoms with Gasteiger partial charge in [-0.05, 0) is 37.0 Å². The zero-order valence-electron chi connectivity index (χ0n) is 19.1. The standard InChI is InChI=1S/C23H37N3O4/c1-16-10-17(2)14-25(13-16)15-18-6-8-26(9-7-18)23(27)24-19-11-20(28-3)22(30-5)21(12-19)29-4/h11-12,16-18H,6-10,13-15H2,1-5H3,(H,24,27). The average Bonchev–Trinajstić information content (AvgIpc) is 2.72. The van der Waals surface area contributed by atoms with E-state index in [0.717, 1.165) is 44.3 Å². The third-order valence-electron chi connectivity index (χ3n) is 6.28. The lowest BCUT2D eigenvalue weighted by atomic mass is 9.89. The number of nitrogens with zero attached hydrogens (tertiary/aromatic N) is 2. The van der Waals surface area contributed by atoms with E-state index in [1.165, 1.54) is 19.5 Å². The molecule has 3 rings (SSSR count). The van der Waals surface area contributed by atoms with Crippen LogP contribution in [0, 0.1) is 17.8 Å². The van der Waals surface area contributed by atoms with Crippen molar-refractivity contribution in [1.29, 1.82) is 0 Å². The van der Waals surface area contributed by atoms with Gasteiger partial charge in [-0.2, -0.15) is 0 Å². The maximum atomic E-state index is 12.8. The minimum Gasteiger partial charge on any atom is -0.493 e. The first-order valence-electron chi connectivity index (χ1n) is 11.0. The number of carbonyl (C=O) groups excluding carboxylic acids is 1. The van der Waals surface area contributed by atoms with Crippen LogP contribution in [0.25, 0.3) is 0 Å². The van der Waals surface area contributed by atoms with E-state index in [2.05, 4.69) is 24.1 Å². The van der Waals surface area contributed by atoms with Crippen LogP contribution in [-0.2, 0) is 0 Å². The van der Waals surface area contributed by atoms with E-state index in [4.69, 9.17) is 14.2 Å². The first-order chi connectivity index (χ1) is 14.4. The molecule has 0 saturated carbocycles. The molecule has 2 aliphatic rings. The number of urea groups is 1. The number of ether oxygens (including phenoxy) is 3. The third-order valence-corrected chi connectivity index (χ3v) is 6.28. The summed E-state index contributed by atoms with van der Waals surface area (Å²) in [6, 6.07) is 3.43. The molecule has 7 heteroatoms. The minimum absolute atomic E-state index is 0.0806. The van der Waals surface area contributed by atoms with Crippen LogP contribution < -0.4 is 19.5 Å². The van der Waals surface area contributed by atoms with Crippen molar-refractivity contribution in [2.75, 3.05) is 59.4 Å². The highest BCUT2D eigenvalue weighted by molar-refractivity contribution is 5.90. The number of nitrogens with one attached hydrogen (secondary N) is 1. The number of amides is 2. The molecule has 2 aliphatic heterocycles. The lowest BCUT2D eigenvalue weighted by Gasteiger charge is -2.39. The van der Waals surface area contributed by atoms with Crippen LogP contribution in [0.5, 0.6) is 17.2 Å². The van der Waals surface area contributed by atoms with Crippen molar-refractivity contribution in [3.8, 4) is 17.2 Å². The van der Waals surface area contributed by atoms with Crippen molar-refractivity contribution in [2.24, 2.45) is 17.8 Å². The molecule has 2 atom stereocenters. The summed E-state index contributed by atoms with van der Waals surface area (Å²) >= 11 is 0. The monoisotopic (exact) mass is 419 g/mol. The van der Waals surface area contributed by atoms with Gasteiger partial charge in [0, 0.05) is 44.9 Å². The van der Waals surface area contributed by atoms with Crippen LogP contribution in [0.1, 0.15) is 33.1 Å². The number of rotatable bonds is 6. The molecule has 1 N–H and O–H groups in total. The zero-order valence-corrected chi connectivity index (χ0v) is 19.1. The molecule has 0 bridgehead atoms. The Morgan fingerprint density at radius 1 is 1.00 bits per heavy atom. The second-order valence-corrected chi connectivity index (χ2v) is 8.94. The highest BCUT2D eigenvalue weighted by Crippen LogP contribution is 2.40. The molecular weight excluding hydrogens is 382 g/mol. The first-order valence-corrected chi connectivity index (χ1v) is 11.0. The van der Waals surface area contributed by atoms with Gasteiger partial charge in [-0.1, -0.05) is 13.8 Å². The van der Waals surface area contributed by atoms with Gasteiger partial charge in [-0.3, -0.25) is 0 Å². The van der Waals surface area contributed by atoms with Crippen molar-refractivity contribution < 1.29 is 19.0 Å². The predicted molar refractivity (Wildman–Crippen MR) is 119 cm³/mol. The highest BCUT2D eigenvalue weighted by atomic mass is 16.5. The highest BCUT2D eigenvalue weighted by Gasteiger charge is 2.28. The van der Waals surface area contributed by atoms with E-state index >= 15 is 0 Å². The lowest BCUT2D eigenvalue weighted by Crippen LogP contribution is -2.46. The Balaban J connectivity index is 1.53. The molecule has 0 aromatic heterocycles. The van der Waals surface area contributed by atoms with E-state index in [1.54, 1.807) is 33.5 Å². The zero-order chi connectivity index (χ0) is 21.7. The molecular formula is C23H37N3O4. The molecule has 2 unspecified atom stereocenters. The summed E-state index contributed by atoms with van der Waals surface area (Å²) < 4.78 is 16.1. The van der Waals surface area contributed by atoms with Crippen LogP contribution in [0.15, 0.2) is 12.1 Å². The maximum Gasteiger partial charge on any atom is 0.321 e. The largest absolute Gasteiger partial charge is 0.493 e. The predicted octanol–water partition coefficient (Wildman–Crippen LogP) is 3.93. The topological polar surface area (TPSA) is 63.3 Å². The Morgan fingerprint density at radius 2 is 1.57 bits per heavy atom. The van der Waals surface area contributed by atoms with Gasteiger partial charge >= 0.3 is 6.03 Å². The van der Waals surface area contributed by atoms with E-state index < -0.39 is 0 Å². The van der Waals surface area contributed by atoms with Crippen molar-refractivity contribution in [3.63, 3.8) is 0 Å². The van der Waals surface area contributed by atoms with Crippen LogP contribution in [0.4, 0.5) is 10.5 Å². The smallest absolute Gasteiger partial charge is 0.321 e. The number of hydrogen-bond donors (Lipinski definition) is 1. The first kappa shape index (κ1) is 22.5. The Bertz CT molecular complexity index is 683. The molecule has 1 aromatic rings. The second kappa shape index (κ2) is 10.2. The SMILES string of the molecule is COc1cc(NC(=O)N2CCC(CN3CC(C)CC(C)C3)CC2)cc(OC)c1OC. The molecule has 0 aliphatic carbocycles. The molecule has 2 amide bonds. The lowest BCUT2D eigenvalue weighted by molar-refractivity contribution is 0.101. The fourth-order valence-corrected chi connectivity index (χ4v) is 4.98. The van der Waals surface area contributed by atoms with Crippen LogP contribution in [0.3, 0.4) is 0 Å². The Kier molecular flexibility index (Phi) is 7.69. The quantitative estimate of drug-likeness (QED) is 0.757. The van der Waals surface area contributed by atoms with E-state index in [0.29, 0.717) is 28.9 Å². The maximum absolute atomic E-state index is 12.8. The number of carbonyl (C=O) groups is 1. The van der Waals surface area contributed by atoms with Crippen LogP contribution in [-0.4, -0.2) is 69.9 Å². The molecule has 168 valence electrons. The molecule has 7 nitrogen and oxygen atoms in total.